The van der Waals surface area contributed by atoms with Crippen molar-refractivity contribution in [3.63, 3.8) is 0 Å². The molecule has 1 saturated heterocycles. The molecule has 0 bridgehead atoms. The summed E-state index contributed by atoms with van der Waals surface area (Å²) < 4.78 is 16.3. The Morgan fingerprint density at radius 2 is 1.76 bits per heavy atom. The number of ketones is 1. The fraction of sp³-hybridized carbons (Fsp3) is 0.385. The zero-order valence-electron chi connectivity index (χ0n) is 18.6. The number of carbonyl (C=O) groups is 2. The SMILES string of the molecule is CCOc1ccc(C2/C(=C(/O)c3ccc4c(c3)OCO4)C(=O)C(=O)N2C2CCCCC2)cc1. The zero-order chi connectivity index (χ0) is 22.9. The summed E-state index contributed by atoms with van der Waals surface area (Å²) in [5.74, 6) is 0.378. The average Bonchev–Trinajstić information content (AvgIpc) is 3.42. The Bertz CT molecular complexity index is 1100. The Kier molecular flexibility index (Phi) is 5.70. The van der Waals surface area contributed by atoms with Gasteiger partial charge < -0.3 is 24.2 Å². The lowest BCUT2D eigenvalue weighted by Crippen LogP contribution is -2.40. The van der Waals surface area contributed by atoms with E-state index in [0.717, 1.165) is 37.7 Å². The van der Waals surface area contributed by atoms with Crippen LogP contribution in [-0.2, 0) is 9.59 Å². The summed E-state index contributed by atoms with van der Waals surface area (Å²) in [5.41, 5.74) is 1.29. The quantitative estimate of drug-likeness (QED) is 0.409. The van der Waals surface area contributed by atoms with Crippen LogP contribution in [0.25, 0.3) is 5.76 Å². The fourth-order valence-corrected chi connectivity index (χ4v) is 5.03. The highest BCUT2D eigenvalue weighted by atomic mass is 16.7. The molecule has 2 heterocycles. The number of nitrogens with zero attached hydrogens (tertiary/aromatic N) is 1. The average molecular weight is 450 g/mol. The summed E-state index contributed by atoms with van der Waals surface area (Å²) >= 11 is 0. The Labute approximate surface area is 192 Å². The van der Waals surface area contributed by atoms with Crippen LogP contribution < -0.4 is 14.2 Å². The number of hydrogen-bond acceptors (Lipinski definition) is 6. The standard InChI is InChI=1S/C26H27NO6/c1-2-31-19-11-8-16(9-12-19)23-22(24(28)17-10-13-20-21(14-17)33-15-32-20)25(29)26(30)27(23)18-6-4-3-5-7-18/h8-14,18,23,28H,2-7,15H2,1H3/b24-22-. The number of carbonyl (C=O) groups excluding carboxylic acids is 2. The Morgan fingerprint density at radius 1 is 1.03 bits per heavy atom. The largest absolute Gasteiger partial charge is 0.507 e. The maximum atomic E-state index is 13.3. The Morgan fingerprint density at radius 3 is 2.48 bits per heavy atom. The first-order chi connectivity index (χ1) is 16.1. The van der Waals surface area contributed by atoms with Gasteiger partial charge in [0.1, 0.15) is 11.5 Å². The maximum Gasteiger partial charge on any atom is 0.295 e. The second-order valence-corrected chi connectivity index (χ2v) is 8.57. The minimum atomic E-state index is -0.658. The molecular weight excluding hydrogens is 422 g/mol. The van der Waals surface area contributed by atoms with E-state index in [0.29, 0.717) is 29.4 Å². The van der Waals surface area contributed by atoms with Crippen molar-refractivity contribution in [3.05, 3.63) is 59.2 Å². The van der Waals surface area contributed by atoms with Crippen LogP contribution in [0.4, 0.5) is 0 Å². The number of benzene rings is 2. The van der Waals surface area contributed by atoms with Crippen molar-refractivity contribution in [1.29, 1.82) is 0 Å². The molecule has 7 heteroatoms. The molecule has 172 valence electrons. The smallest absolute Gasteiger partial charge is 0.295 e. The molecule has 0 aromatic heterocycles. The third kappa shape index (κ3) is 3.81. The lowest BCUT2D eigenvalue weighted by atomic mass is 9.91. The monoisotopic (exact) mass is 449 g/mol. The predicted octanol–water partition coefficient (Wildman–Crippen LogP) is 4.57. The van der Waals surface area contributed by atoms with Gasteiger partial charge in [-0.15, -0.1) is 0 Å². The van der Waals surface area contributed by atoms with Crippen LogP contribution in [0.2, 0.25) is 0 Å². The third-order valence-corrected chi connectivity index (χ3v) is 6.60. The molecule has 0 spiro atoms. The molecule has 2 fully saturated rings. The van der Waals surface area contributed by atoms with E-state index in [9.17, 15) is 14.7 Å². The second kappa shape index (κ2) is 8.81. The number of aliphatic hydroxyl groups is 1. The van der Waals surface area contributed by atoms with Crippen LogP contribution in [0.15, 0.2) is 48.0 Å². The zero-order valence-corrected chi connectivity index (χ0v) is 18.6. The molecule has 1 amide bonds. The molecule has 33 heavy (non-hydrogen) atoms. The van der Waals surface area contributed by atoms with Crippen molar-refractivity contribution in [2.45, 2.75) is 51.1 Å². The van der Waals surface area contributed by atoms with Gasteiger partial charge in [-0.1, -0.05) is 31.4 Å². The summed E-state index contributed by atoms with van der Waals surface area (Å²) in [7, 11) is 0. The van der Waals surface area contributed by atoms with Gasteiger partial charge in [-0.05, 0) is 55.7 Å². The Hall–Kier alpha value is -3.48. The highest BCUT2D eigenvalue weighted by Gasteiger charge is 2.48. The van der Waals surface area contributed by atoms with E-state index in [1.807, 2.05) is 31.2 Å². The summed E-state index contributed by atoms with van der Waals surface area (Å²) in [4.78, 5) is 28.2. The molecule has 1 aliphatic carbocycles. The predicted molar refractivity (Wildman–Crippen MR) is 121 cm³/mol. The van der Waals surface area contributed by atoms with Gasteiger partial charge in [0.15, 0.2) is 11.5 Å². The van der Waals surface area contributed by atoms with Crippen molar-refractivity contribution >= 4 is 17.4 Å². The maximum absolute atomic E-state index is 13.3. The van der Waals surface area contributed by atoms with Crippen LogP contribution in [0.3, 0.4) is 0 Å². The molecule has 7 nitrogen and oxygen atoms in total. The van der Waals surface area contributed by atoms with Crippen LogP contribution >= 0.6 is 0 Å². The summed E-state index contributed by atoms with van der Waals surface area (Å²) in [6, 6.07) is 11.7. The van der Waals surface area contributed by atoms with Gasteiger partial charge >= 0.3 is 0 Å². The molecule has 3 aliphatic rings. The third-order valence-electron chi connectivity index (χ3n) is 6.60. The molecule has 0 radical (unpaired) electrons. The van der Waals surface area contributed by atoms with Gasteiger partial charge in [-0.25, -0.2) is 0 Å². The van der Waals surface area contributed by atoms with Gasteiger partial charge in [-0.2, -0.15) is 0 Å². The van der Waals surface area contributed by atoms with E-state index in [-0.39, 0.29) is 24.2 Å². The number of Topliss-reactive ketones (excluding diaryl/α,β-unsaturated/α-hetero) is 1. The van der Waals surface area contributed by atoms with Crippen molar-refractivity contribution < 1.29 is 28.9 Å². The topological polar surface area (TPSA) is 85.3 Å². The number of aliphatic hydroxyl groups excluding tert-OH is 1. The molecule has 1 saturated carbocycles. The lowest BCUT2D eigenvalue weighted by molar-refractivity contribution is -0.141. The molecule has 1 unspecified atom stereocenters. The number of hydrogen-bond donors (Lipinski definition) is 1. The van der Waals surface area contributed by atoms with E-state index in [4.69, 9.17) is 14.2 Å². The minimum Gasteiger partial charge on any atom is -0.507 e. The first-order valence-electron chi connectivity index (χ1n) is 11.5. The molecule has 1 N–H and O–H groups in total. The van der Waals surface area contributed by atoms with Crippen molar-refractivity contribution in [1.82, 2.24) is 4.90 Å². The van der Waals surface area contributed by atoms with Crippen molar-refractivity contribution in [3.8, 4) is 17.2 Å². The second-order valence-electron chi connectivity index (χ2n) is 8.57. The molecule has 2 aromatic rings. The van der Waals surface area contributed by atoms with E-state index < -0.39 is 17.7 Å². The number of amides is 1. The molecule has 2 aromatic carbocycles. The van der Waals surface area contributed by atoms with Crippen LogP contribution in [-0.4, -0.2) is 41.1 Å². The minimum absolute atomic E-state index is 0.0335. The van der Waals surface area contributed by atoms with Crippen molar-refractivity contribution in [2.24, 2.45) is 0 Å². The van der Waals surface area contributed by atoms with Crippen LogP contribution in [0.5, 0.6) is 17.2 Å². The first-order valence-corrected chi connectivity index (χ1v) is 11.5. The van der Waals surface area contributed by atoms with Gasteiger partial charge in [0.2, 0.25) is 6.79 Å². The number of likely N-dealkylation sites (tertiary alicyclic amines) is 1. The van der Waals surface area contributed by atoms with Gasteiger partial charge in [0.05, 0.1) is 18.2 Å². The van der Waals surface area contributed by atoms with Gasteiger partial charge in [0, 0.05) is 11.6 Å². The highest BCUT2D eigenvalue weighted by Crippen LogP contribution is 2.44. The Balaban J connectivity index is 1.61. The summed E-state index contributed by atoms with van der Waals surface area (Å²) in [5, 5.41) is 11.3. The fourth-order valence-electron chi connectivity index (χ4n) is 5.03. The number of fused-ring (bicyclic) bond motifs is 1. The van der Waals surface area contributed by atoms with Gasteiger partial charge in [-0.3, -0.25) is 9.59 Å². The van der Waals surface area contributed by atoms with E-state index in [1.54, 1.807) is 23.1 Å². The van der Waals surface area contributed by atoms with E-state index >= 15 is 0 Å². The molecule has 5 rings (SSSR count). The summed E-state index contributed by atoms with van der Waals surface area (Å²) in [6.07, 6.45) is 4.87. The lowest BCUT2D eigenvalue weighted by Gasteiger charge is -2.35. The molecule has 2 aliphatic heterocycles. The first kappa shape index (κ1) is 21.4. The van der Waals surface area contributed by atoms with E-state index in [2.05, 4.69) is 0 Å². The van der Waals surface area contributed by atoms with E-state index in [1.165, 1.54) is 0 Å². The normalized spacial score (nSPS) is 22.1. The van der Waals surface area contributed by atoms with Crippen LogP contribution in [0, 0.1) is 0 Å². The number of ether oxygens (including phenoxy) is 3. The van der Waals surface area contributed by atoms with Gasteiger partial charge in [0.25, 0.3) is 11.7 Å². The number of rotatable bonds is 5. The highest BCUT2D eigenvalue weighted by molar-refractivity contribution is 6.46. The summed E-state index contributed by atoms with van der Waals surface area (Å²) in [6.45, 7) is 2.57. The van der Waals surface area contributed by atoms with Crippen molar-refractivity contribution in [2.75, 3.05) is 13.4 Å². The molecular formula is C26H27NO6. The van der Waals surface area contributed by atoms with Crippen LogP contribution in [0.1, 0.15) is 56.2 Å². The molecule has 1 atom stereocenters.